The molecular weight excluding hydrogens is 378 g/mol. The molecule has 1 saturated carbocycles. The Morgan fingerprint density at radius 1 is 0.897 bits per heavy atom. The maximum absolute atomic E-state index is 6.00. The van der Waals surface area contributed by atoms with Gasteiger partial charge in [0.2, 0.25) is 5.90 Å². The quantitative estimate of drug-likeness (QED) is 0.242. The van der Waals surface area contributed by atoms with Crippen LogP contribution in [0.15, 0.2) is 89.4 Å². The zero-order valence-corrected chi connectivity index (χ0v) is 17.2. The predicted octanol–water partition coefficient (Wildman–Crippen LogP) is 7.50. The van der Waals surface area contributed by atoms with Crippen molar-refractivity contribution >= 4 is 22.2 Å². The number of para-hydroxylation sites is 2. The summed E-state index contributed by atoms with van der Waals surface area (Å²) in [5, 5.41) is 3.21. The van der Waals surface area contributed by atoms with Gasteiger partial charge < -0.3 is 9.47 Å². The highest BCUT2D eigenvalue weighted by Gasteiger charge is 2.17. The van der Waals surface area contributed by atoms with Gasteiger partial charge >= 0.3 is 0 Å². The van der Waals surface area contributed by atoms with Gasteiger partial charge in [0.25, 0.3) is 0 Å². The summed E-state index contributed by atoms with van der Waals surface area (Å²) in [5.74, 6) is 2.71. The predicted molar refractivity (Wildman–Crippen MR) is 121 cm³/mol. The van der Waals surface area contributed by atoms with Crippen LogP contribution in [0.5, 0.6) is 11.5 Å². The number of hydrogen-bond acceptors (Lipinski definition) is 4. The number of hydrogen-bond donors (Lipinski definition) is 0. The lowest BCUT2D eigenvalue weighted by molar-refractivity contribution is 0.444. The maximum atomic E-state index is 6.00. The molecule has 0 N–H and O–H groups in total. The highest BCUT2D eigenvalue weighted by Crippen LogP contribution is 2.37. The Hall–Kier alpha value is -2.85. The molecule has 1 aliphatic rings. The minimum atomic E-state index is 0.504. The number of rotatable bonds is 6. The van der Waals surface area contributed by atoms with Crippen LogP contribution in [0.4, 0.5) is 5.00 Å². The molecule has 0 saturated heterocycles. The molecule has 3 aromatic rings. The van der Waals surface area contributed by atoms with E-state index in [4.69, 9.17) is 14.5 Å². The van der Waals surface area contributed by atoms with Crippen molar-refractivity contribution in [2.75, 3.05) is 0 Å². The van der Waals surface area contributed by atoms with Crippen molar-refractivity contribution in [3.05, 3.63) is 90.0 Å². The van der Waals surface area contributed by atoms with E-state index in [2.05, 4.69) is 11.4 Å². The van der Waals surface area contributed by atoms with Crippen LogP contribution in [0.25, 0.3) is 0 Å². The van der Waals surface area contributed by atoms with Crippen LogP contribution in [0.1, 0.15) is 43.6 Å². The number of benzene rings is 2. The van der Waals surface area contributed by atoms with Crippen LogP contribution in [-0.4, -0.2) is 5.90 Å². The SMILES string of the molecule is C(=CC(=Nc1cc(C2CCCCC2)cs1)Oc1ccccc1)Oc1ccccc1. The first-order valence-corrected chi connectivity index (χ1v) is 11.0. The Kier molecular flexibility index (Phi) is 6.76. The topological polar surface area (TPSA) is 30.8 Å². The molecule has 1 aromatic heterocycles. The Balaban J connectivity index is 1.51. The van der Waals surface area contributed by atoms with E-state index in [1.54, 1.807) is 23.7 Å². The summed E-state index contributed by atoms with van der Waals surface area (Å²) in [5.41, 5.74) is 1.41. The van der Waals surface area contributed by atoms with E-state index in [0.717, 1.165) is 16.5 Å². The van der Waals surface area contributed by atoms with Crippen molar-refractivity contribution in [3.8, 4) is 11.5 Å². The number of nitrogens with zero attached hydrogens (tertiary/aromatic N) is 1. The summed E-state index contributed by atoms with van der Waals surface area (Å²) in [4.78, 5) is 4.75. The van der Waals surface area contributed by atoms with E-state index in [1.165, 1.54) is 37.7 Å². The van der Waals surface area contributed by atoms with Gasteiger partial charge in [-0.05, 0) is 60.0 Å². The Labute approximate surface area is 176 Å². The fourth-order valence-electron chi connectivity index (χ4n) is 3.53. The molecule has 29 heavy (non-hydrogen) atoms. The van der Waals surface area contributed by atoms with Gasteiger partial charge in [0, 0.05) is 6.08 Å². The second-order valence-electron chi connectivity index (χ2n) is 7.15. The smallest absolute Gasteiger partial charge is 0.223 e. The lowest BCUT2D eigenvalue weighted by Crippen LogP contribution is -2.05. The van der Waals surface area contributed by atoms with Gasteiger partial charge in [-0.2, -0.15) is 0 Å². The Bertz CT molecular complexity index is 941. The molecule has 0 spiro atoms. The van der Waals surface area contributed by atoms with Gasteiger partial charge in [0.15, 0.2) is 0 Å². The third-order valence-electron chi connectivity index (χ3n) is 5.03. The largest absolute Gasteiger partial charge is 0.465 e. The Morgan fingerprint density at radius 3 is 2.31 bits per heavy atom. The number of ether oxygens (including phenoxy) is 2. The molecule has 1 fully saturated rings. The zero-order chi connectivity index (χ0) is 19.7. The van der Waals surface area contributed by atoms with Gasteiger partial charge in [-0.1, -0.05) is 55.7 Å². The van der Waals surface area contributed by atoms with E-state index >= 15 is 0 Å². The summed E-state index contributed by atoms with van der Waals surface area (Å²) >= 11 is 1.67. The highest BCUT2D eigenvalue weighted by molar-refractivity contribution is 7.14. The fourth-order valence-corrected chi connectivity index (χ4v) is 4.39. The second-order valence-corrected chi connectivity index (χ2v) is 8.04. The monoisotopic (exact) mass is 403 g/mol. The minimum Gasteiger partial charge on any atom is -0.465 e. The normalized spacial score (nSPS) is 15.5. The molecule has 1 heterocycles. The van der Waals surface area contributed by atoms with E-state index in [-0.39, 0.29) is 0 Å². The summed E-state index contributed by atoms with van der Waals surface area (Å²) in [6, 6.07) is 21.6. The highest BCUT2D eigenvalue weighted by atomic mass is 32.1. The summed E-state index contributed by atoms with van der Waals surface area (Å²) in [6.45, 7) is 0. The fraction of sp³-hybridized carbons (Fsp3) is 0.240. The molecule has 2 aromatic carbocycles. The van der Waals surface area contributed by atoms with Crippen LogP contribution < -0.4 is 9.47 Å². The van der Waals surface area contributed by atoms with Gasteiger partial charge in [0.05, 0.1) is 6.26 Å². The first-order chi connectivity index (χ1) is 14.4. The van der Waals surface area contributed by atoms with Crippen LogP contribution >= 0.6 is 11.3 Å². The van der Waals surface area contributed by atoms with E-state index in [0.29, 0.717) is 11.8 Å². The lowest BCUT2D eigenvalue weighted by Gasteiger charge is -2.20. The number of aliphatic imine (C=N–C) groups is 1. The van der Waals surface area contributed by atoms with E-state index < -0.39 is 0 Å². The molecule has 0 aliphatic heterocycles. The van der Waals surface area contributed by atoms with Crippen molar-refractivity contribution in [2.24, 2.45) is 4.99 Å². The van der Waals surface area contributed by atoms with Crippen molar-refractivity contribution in [1.82, 2.24) is 0 Å². The molecule has 0 bridgehead atoms. The zero-order valence-electron chi connectivity index (χ0n) is 16.4. The molecule has 1 aliphatic carbocycles. The lowest BCUT2D eigenvalue weighted by atomic mass is 9.85. The van der Waals surface area contributed by atoms with Crippen molar-refractivity contribution in [3.63, 3.8) is 0 Å². The van der Waals surface area contributed by atoms with Crippen LogP contribution in [-0.2, 0) is 0 Å². The average Bonchev–Trinajstić information content (AvgIpc) is 3.24. The molecule has 0 atom stereocenters. The van der Waals surface area contributed by atoms with E-state index in [9.17, 15) is 0 Å². The molecular formula is C25H25NO2S. The molecule has 4 rings (SSSR count). The third kappa shape index (κ3) is 5.81. The summed E-state index contributed by atoms with van der Waals surface area (Å²) in [7, 11) is 0. The standard InChI is InChI=1S/C25H25NO2S/c1-4-10-20(11-5-1)21-18-25(29-19-21)26-24(28-23-14-8-3-9-15-23)16-17-27-22-12-6-2-7-13-22/h2-3,6-9,12-20H,1,4-5,10-11H2. The van der Waals surface area contributed by atoms with Gasteiger partial charge in [-0.25, -0.2) is 4.99 Å². The van der Waals surface area contributed by atoms with Crippen LogP contribution in [0.3, 0.4) is 0 Å². The minimum absolute atomic E-state index is 0.504. The van der Waals surface area contributed by atoms with Crippen LogP contribution in [0.2, 0.25) is 0 Å². The molecule has 148 valence electrons. The van der Waals surface area contributed by atoms with Crippen molar-refractivity contribution in [2.45, 2.75) is 38.0 Å². The van der Waals surface area contributed by atoms with Gasteiger partial charge in [-0.3, -0.25) is 0 Å². The first kappa shape index (κ1) is 19.5. The molecule has 4 heteroatoms. The molecule has 0 unspecified atom stereocenters. The third-order valence-corrected chi connectivity index (χ3v) is 5.87. The second kappa shape index (κ2) is 10.1. The Morgan fingerprint density at radius 2 is 1.59 bits per heavy atom. The average molecular weight is 404 g/mol. The number of thiophene rings is 1. The van der Waals surface area contributed by atoms with Crippen molar-refractivity contribution in [1.29, 1.82) is 0 Å². The van der Waals surface area contributed by atoms with E-state index in [1.807, 2.05) is 60.7 Å². The molecule has 0 radical (unpaired) electrons. The maximum Gasteiger partial charge on any atom is 0.223 e. The summed E-state index contributed by atoms with van der Waals surface area (Å²) < 4.78 is 11.7. The van der Waals surface area contributed by atoms with Gasteiger partial charge in [-0.15, -0.1) is 11.3 Å². The van der Waals surface area contributed by atoms with Gasteiger partial charge in [0.1, 0.15) is 16.5 Å². The first-order valence-electron chi connectivity index (χ1n) is 10.1. The summed E-state index contributed by atoms with van der Waals surface area (Å²) in [6.07, 6.45) is 10.00. The van der Waals surface area contributed by atoms with Crippen LogP contribution in [0, 0.1) is 0 Å². The molecule has 0 amide bonds. The van der Waals surface area contributed by atoms with Crippen molar-refractivity contribution < 1.29 is 9.47 Å². The molecule has 3 nitrogen and oxygen atoms in total.